The first-order valence-corrected chi connectivity index (χ1v) is 5.89. The van der Waals surface area contributed by atoms with Gasteiger partial charge in [0.05, 0.1) is 12.7 Å². The molecule has 1 heterocycles. The highest BCUT2D eigenvalue weighted by Crippen LogP contribution is 2.48. The lowest BCUT2D eigenvalue weighted by Crippen LogP contribution is -2.39. The lowest BCUT2D eigenvalue weighted by atomic mass is 9.62. The van der Waals surface area contributed by atoms with E-state index in [1.807, 2.05) is 0 Å². The molecule has 1 aliphatic carbocycles. The van der Waals surface area contributed by atoms with Crippen LogP contribution in [0.3, 0.4) is 0 Å². The van der Waals surface area contributed by atoms with Gasteiger partial charge in [-0.25, -0.2) is 0 Å². The smallest absolute Gasteiger partial charge is 0.0816 e. The Kier molecular flexibility index (Phi) is 2.85. The van der Waals surface area contributed by atoms with Crippen LogP contribution in [0.25, 0.3) is 0 Å². The van der Waals surface area contributed by atoms with E-state index in [1.54, 1.807) is 0 Å². The molecular formula is C12H22O2. The molecule has 1 N–H and O–H groups in total. The zero-order valence-electron chi connectivity index (χ0n) is 9.33. The molecule has 0 spiro atoms. The van der Waals surface area contributed by atoms with E-state index in [0.29, 0.717) is 18.6 Å². The van der Waals surface area contributed by atoms with Gasteiger partial charge in [-0.05, 0) is 36.5 Å². The van der Waals surface area contributed by atoms with E-state index in [-0.39, 0.29) is 5.41 Å². The van der Waals surface area contributed by atoms with Crippen LogP contribution in [-0.2, 0) is 4.74 Å². The summed E-state index contributed by atoms with van der Waals surface area (Å²) in [5.74, 6) is 1.44. The fourth-order valence-electron chi connectivity index (χ4n) is 3.05. The summed E-state index contributed by atoms with van der Waals surface area (Å²) in [5, 5.41) is 9.65. The average molecular weight is 198 g/mol. The van der Waals surface area contributed by atoms with Crippen molar-refractivity contribution in [2.24, 2.45) is 17.3 Å². The summed E-state index contributed by atoms with van der Waals surface area (Å²) < 4.78 is 5.31. The summed E-state index contributed by atoms with van der Waals surface area (Å²) in [6.07, 6.45) is 5.32. The summed E-state index contributed by atoms with van der Waals surface area (Å²) in [7, 11) is 0. The highest BCUT2D eigenvalue weighted by Gasteiger charge is 2.44. The Morgan fingerprint density at radius 2 is 2.07 bits per heavy atom. The highest BCUT2D eigenvalue weighted by molar-refractivity contribution is 4.93. The number of hydrogen-bond acceptors (Lipinski definition) is 2. The number of hydrogen-bond donors (Lipinski definition) is 1. The molecule has 2 fully saturated rings. The average Bonchev–Trinajstić information content (AvgIpc) is 2.95. The molecular weight excluding hydrogens is 176 g/mol. The molecule has 2 rings (SSSR count). The Morgan fingerprint density at radius 3 is 2.64 bits per heavy atom. The molecule has 0 radical (unpaired) electrons. The van der Waals surface area contributed by atoms with Gasteiger partial charge >= 0.3 is 0 Å². The first kappa shape index (κ1) is 10.4. The number of ether oxygens (including phenoxy) is 1. The van der Waals surface area contributed by atoms with Crippen LogP contribution in [-0.4, -0.2) is 24.4 Å². The summed E-state index contributed by atoms with van der Waals surface area (Å²) in [5.41, 5.74) is 0.166. The van der Waals surface area contributed by atoms with Crippen LogP contribution < -0.4 is 0 Å². The van der Waals surface area contributed by atoms with Crippen molar-refractivity contribution >= 4 is 0 Å². The minimum absolute atomic E-state index is 0.166. The molecule has 2 nitrogen and oxygen atoms in total. The second kappa shape index (κ2) is 3.82. The van der Waals surface area contributed by atoms with Gasteiger partial charge in [0.1, 0.15) is 0 Å². The Morgan fingerprint density at radius 1 is 1.36 bits per heavy atom. The van der Waals surface area contributed by atoms with E-state index < -0.39 is 0 Å². The molecule has 4 atom stereocenters. The van der Waals surface area contributed by atoms with Crippen LogP contribution in [0.2, 0.25) is 0 Å². The van der Waals surface area contributed by atoms with Crippen molar-refractivity contribution in [2.45, 2.75) is 45.6 Å². The molecule has 1 saturated carbocycles. The van der Waals surface area contributed by atoms with Crippen molar-refractivity contribution in [2.75, 3.05) is 13.2 Å². The van der Waals surface area contributed by atoms with Crippen LogP contribution >= 0.6 is 0 Å². The first-order chi connectivity index (χ1) is 6.66. The molecule has 1 saturated heterocycles. The minimum atomic E-state index is 0.166. The standard InChI is InChI=1S/C12H22O2/c1-9-3-4-10(2)12(5-9,8-13)6-11-7-14-11/h9-11,13H,3-8H2,1-2H3. The van der Waals surface area contributed by atoms with Crippen LogP contribution in [0, 0.1) is 17.3 Å². The van der Waals surface area contributed by atoms with Crippen LogP contribution in [0.15, 0.2) is 0 Å². The van der Waals surface area contributed by atoms with Gasteiger partial charge in [0.15, 0.2) is 0 Å². The molecule has 0 aromatic heterocycles. The fourth-order valence-corrected chi connectivity index (χ4v) is 3.05. The molecule has 2 aliphatic rings. The Balaban J connectivity index is 2.04. The summed E-state index contributed by atoms with van der Waals surface area (Å²) in [4.78, 5) is 0. The summed E-state index contributed by atoms with van der Waals surface area (Å²) in [6, 6.07) is 0. The lowest BCUT2D eigenvalue weighted by Gasteiger charge is -2.44. The molecule has 2 heteroatoms. The number of aliphatic hydroxyl groups is 1. The molecule has 82 valence electrons. The van der Waals surface area contributed by atoms with Gasteiger partial charge in [0.2, 0.25) is 0 Å². The maximum atomic E-state index is 9.65. The largest absolute Gasteiger partial charge is 0.396 e. The second-order valence-corrected chi connectivity index (χ2v) is 5.47. The quantitative estimate of drug-likeness (QED) is 0.705. The predicted molar refractivity (Wildman–Crippen MR) is 56.1 cm³/mol. The fraction of sp³-hybridized carbons (Fsp3) is 1.00. The highest BCUT2D eigenvalue weighted by atomic mass is 16.6. The third-order valence-corrected chi connectivity index (χ3v) is 4.24. The number of aliphatic hydroxyl groups excluding tert-OH is 1. The zero-order chi connectivity index (χ0) is 10.2. The lowest BCUT2D eigenvalue weighted by molar-refractivity contribution is -0.00149. The van der Waals surface area contributed by atoms with Gasteiger partial charge in [-0.2, -0.15) is 0 Å². The van der Waals surface area contributed by atoms with E-state index in [2.05, 4.69) is 13.8 Å². The SMILES string of the molecule is CC1CCC(C)C(CO)(CC2CO2)C1. The third-order valence-electron chi connectivity index (χ3n) is 4.24. The van der Waals surface area contributed by atoms with E-state index in [9.17, 15) is 5.11 Å². The van der Waals surface area contributed by atoms with E-state index in [4.69, 9.17) is 4.74 Å². The van der Waals surface area contributed by atoms with Crippen molar-refractivity contribution in [1.82, 2.24) is 0 Å². The molecule has 4 unspecified atom stereocenters. The Hall–Kier alpha value is -0.0800. The molecule has 0 amide bonds. The molecule has 0 aromatic carbocycles. The maximum Gasteiger partial charge on any atom is 0.0816 e. The normalized spacial score (nSPS) is 47.8. The van der Waals surface area contributed by atoms with Crippen molar-refractivity contribution < 1.29 is 9.84 Å². The maximum absolute atomic E-state index is 9.65. The van der Waals surface area contributed by atoms with Crippen molar-refractivity contribution in [1.29, 1.82) is 0 Å². The number of rotatable bonds is 3. The summed E-state index contributed by atoms with van der Waals surface area (Å²) in [6.45, 7) is 5.87. The van der Waals surface area contributed by atoms with Crippen molar-refractivity contribution in [3.05, 3.63) is 0 Å². The summed E-state index contributed by atoms with van der Waals surface area (Å²) >= 11 is 0. The van der Waals surface area contributed by atoms with Gasteiger partial charge in [0.25, 0.3) is 0 Å². The van der Waals surface area contributed by atoms with Crippen LogP contribution in [0.5, 0.6) is 0 Å². The monoisotopic (exact) mass is 198 g/mol. The van der Waals surface area contributed by atoms with Gasteiger partial charge < -0.3 is 9.84 Å². The zero-order valence-corrected chi connectivity index (χ0v) is 9.33. The molecule has 0 bridgehead atoms. The molecule has 14 heavy (non-hydrogen) atoms. The van der Waals surface area contributed by atoms with Gasteiger partial charge in [-0.1, -0.05) is 20.3 Å². The number of epoxide rings is 1. The minimum Gasteiger partial charge on any atom is -0.396 e. The van der Waals surface area contributed by atoms with Crippen LogP contribution in [0.1, 0.15) is 39.5 Å². The van der Waals surface area contributed by atoms with Crippen LogP contribution in [0.4, 0.5) is 0 Å². The van der Waals surface area contributed by atoms with E-state index >= 15 is 0 Å². The third kappa shape index (κ3) is 1.96. The molecule has 1 aliphatic heterocycles. The van der Waals surface area contributed by atoms with Gasteiger partial charge in [-0.15, -0.1) is 0 Å². The van der Waals surface area contributed by atoms with Gasteiger partial charge in [-0.3, -0.25) is 0 Å². The van der Waals surface area contributed by atoms with E-state index in [1.165, 1.54) is 19.3 Å². The first-order valence-electron chi connectivity index (χ1n) is 5.89. The topological polar surface area (TPSA) is 32.8 Å². The second-order valence-electron chi connectivity index (χ2n) is 5.47. The molecule has 0 aromatic rings. The van der Waals surface area contributed by atoms with Crippen molar-refractivity contribution in [3.8, 4) is 0 Å². The van der Waals surface area contributed by atoms with Crippen molar-refractivity contribution in [3.63, 3.8) is 0 Å². The van der Waals surface area contributed by atoms with E-state index in [0.717, 1.165) is 18.9 Å². The Bertz CT molecular complexity index is 196. The Labute approximate surface area is 86.6 Å². The van der Waals surface area contributed by atoms with Gasteiger partial charge in [0, 0.05) is 6.61 Å². The predicted octanol–water partition coefficient (Wildman–Crippen LogP) is 2.21.